The second-order valence-corrected chi connectivity index (χ2v) is 5.80. The van der Waals surface area contributed by atoms with E-state index in [0.29, 0.717) is 5.91 Å². The fourth-order valence-corrected chi connectivity index (χ4v) is 3.32. The Kier molecular flexibility index (Phi) is 2.89. The molecule has 0 aromatic heterocycles. The van der Waals surface area contributed by atoms with Crippen LogP contribution in [0.25, 0.3) is 0 Å². The van der Waals surface area contributed by atoms with Crippen LogP contribution in [0.15, 0.2) is 24.3 Å². The van der Waals surface area contributed by atoms with Crippen LogP contribution in [0.1, 0.15) is 43.2 Å². The third-order valence-electron chi connectivity index (χ3n) is 4.58. The first-order chi connectivity index (χ1) is 8.72. The van der Waals surface area contributed by atoms with Gasteiger partial charge in [-0.2, -0.15) is 0 Å². The maximum absolute atomic E-state index is 12.8. The van der Waals surface area contributed by atoms with E-state index in [0.717, 1.165) is 25.9 Å². The first-order valence-electron chi connectivity index (χ1n) is 7.09. The smallest absolute Gasteiger partial charge is 0.233 e. The summed E-state index contributed by atoms with van der Waals surface area (Å²) in [6.45, 7) is 4.04. The van der Waals surface area contributed by atoms with E-state index in [9.17, 15) is 4.79 Å². The van der Waals surface area contributed by atoms with Crippen molar-refractivity contribution in [3.63, 3.8) is 0 Å². The van der Waals surface area contributed by atoms with Crippen molar-refractivity contribution >= 4 is 5.91 Å². The highest BCUT2D eigenvalue weighted by molar-refractivity contribution is 5.89. The predicted octanol–water partition coefficient (Wildman–Crippen LogP) is 3.04. The van der Waals surface area contributed by atoms with Crippen LogP contribution >= 0.6 is 0 Å². The topological polar surface area (TPSA) is 20.3 Å². The summed E-state index contributed by atoms with van der Waals surface area (Å²) in [6.07, 6.45) is 5.61. The lowest BCUT2D eigenvalue weighted by Gasteiger charge is -2.43. The first kappa shape index (κ1) is 11.8. The molecule has 2 nitrogen and oxygen atoms in total. The molecule has 1 saturated carbocycles. The van der Waals surface area contributed by atoms with Gasteiger partial charge in [-0.25, -0.2) is 0 Å². The lowest BCUT2D eigenvalue weighted by molar-refractivity contribution is -0.139. The minimum atomic E-state index is -0.184. The zero-order valence-corrected chi connectivity index (χ0v) is 11.1. The second-order valence-electron chi connectivity index (χ2n) is 5.80. The number of hydrogen-bond donors (Lipinski definition) is 0. The van der Waals surface area contributed by atoms with Crippen LogP contribution in [0.5, 0.6) is 0 Å². The normalized spacial score (nSPS) is 21.7. The molecule has 1 aliphatic carbocycles. The van der Waals surface area contributed by atoms with Crippen molar-refractivity contribution in [2.24, 2.45) is 0 Å². The Morgan fingerprint density at radius 2 is 1.89 bits per heavy atom. The lowest BCUT2D eigenvalue weighted by atomic mass is 9.63. The molecule has 2 heteroatoms. The van der Waals surface area contributed by atoms with Gasteiger partial charge in [-0.05, 0) is 38.2 Å². The fourth-order valence-electron chi connectivity index (χ4n) is 3.32. The molecule has 1 aromatic carbocycles. The molecule has 1 aromatic rings. The van der Waals surface area contributed by atoms with Crippen molar-refractivity contribution in [3.05, 3.63) is 35.4 Å². The van der Waals surface area contributed by atoms with E-state index < -0.39 is 0 Å². The van der Waals surface area contributed by atoms with Gasteiger partial charge >= 0.3 is 0 Å². The van der Waals surface area contributed by atoms with Gasteiger partial charge < -0.3 is 4.90 Å². The number of nitrogens with zero attached hydrogens (tertiary/aromatic N) is 1. The van der Waals surface area contributed by atoms with Crippen molar-refractivity contribution in [2.45, 2.75) is 44.4 Å². The number of likely N-dealkylation sites (tertiary alicyclic amines) is 1. The van der Waals surface area contributed by atoms with Crippen molar-refractivity contribution in [2.75, 3.05) is 13.1 Å². The Labute approximate surface area is 109 Å². The Balaban J connectivity index is 1.92. The van der Waals surface area contributed by atoms with E-state index in [2.05, 4.69) is 36.1 Å². The predicted molar refractivity (Wildman–Crippen MR) is 72.5 cm³/mol. The van der Waals surface area contributed by atoms with Crippen molar-refractivity contribution in [1.82, 2.24) is 4.90 Å². The van der Waals surface area contributed by atoms with Crippen LogP contribution in [-0.2, 0) is 10.2 Å². The molecule has 2 fully saturated rings. The zero-order valence-electron chi connectivity index (χ0n) is 11.1. The molecule has 2 aliphatic rings. The van der Waals surface area contributed by atoms with E-state index in [-0.39, 0.29) is 5.41 Å². The lowest BCUT2D eigenvalue weighted by Crippen LogP contribution is -2.50. The highest BCUT2D eigenvalue weighted by Crippen LogP contribution is 2.45. The molecule has 0 unspecified atom stereocenters. The number of aryl methyl sites for hydroxylation is 1. The summed E-state index contributed by atoms with van der Waals surface area (Å²) >= 11 is 0. The number of amides is 1. The molecule has 0 bridgehead atoms. The molecule has 0 atom stereocenters. The van der Waals surface area contributed by atoms with Gasteiger partial charge in [0.2, 0.25) is 5.91 Å². The molecule has 96 valence electrons. The standard InChI is InChI=1S/C16H21NO/c1-13-6-4-7-14(12-13)16(8-5-9-16)15(18)17-10-2-3-11-17/h4,6-7,12H,2-3,5,8-11H2,1H3. The largest absolute Gasteiger partial charge is 0.342 e. The molecule has 1 heterocycles. The van der Waals surface area contributed by atoms with Gasteiger partial charge in [0.15, 0.2) is 0 Å². The summed E-state index contributed by atoms with van der Waals surface area (Å²) in [5.74, 6) is 0.386. The summed E-state index contributed by atoms with van der Waals surface area (Å²) in [6, 6.07) is 8.53. The Morgan fingerprint density at radius 3 is 2.44 bits per heavy atom. The van der Waals surface area contributed by atoms with Gasteiger partial charge in [0, 0.05) is 13.1 Å². The van der Waals surface area contributed by atoms with Gasteiger partial charge in [-0.15, -0.1) is 0 Å². The number of carbonyl (C=O) groups is 1. The van der Waals surface area contributed by atoms with Crippen LogP contribution in [0.4, 0.5) is 0 Å². The van der Waals surface area contributed by atoms with E-state index in [1.807, 2.05) is 0 Å². The maximum Gasteiger partial charge on any atom is 0.233 e. The maximum atomic E-state index is 12.8. The zero-order chi connectivity index (χ0) is 12.6. The Morgan fingerprint density at radius 1 is 1.17 bits per heavy atom. The van der Waals surface area contributed by atoms with Gasteiger partial charge in [0.1, 0.15) is 0 Å². The van der Waals surface area contributed by atoms with Gasteiger partial charge in [0.25, 0.3) is 0 Å². The minimum Gasteiger partial charge on any atom is -0.342 e. The third-order valence-corrected chi connectivity index (χ3v) is 4.58. The third kappa shape index (κ3) is 1.75. The molecule has 0 radical (unpaired) electrons. The summed E-state index contributed by atoms with van der Waals surface area (Å²) < 4.78 is 0. The van der Waals surface area contributed by atoms with Crippen LogP contribution in [0.2, 0.25) is 0 Å². The molecular formula is C16H21NO. The highest BCUT2D eigenvalue weighted by atomic mass is 16.2. The second kappa shape index (κ2) is 4.42. The monoisotopic (exact) mass is 243 g/mol. The van der Waals surface area contributed by atoms with Crippen LogP contribution in [0, 0.1) is 6.92 Å². The van der Waals surface area contributed by atoms with E-state index >= 15 is 0 Å². The van der Waals surface area contributed by atoms with Gasteiger partial charge in [-0.3, -0.25) is 4.79 Å². The quantitative estimate of drug-likeness (QED) is 0.782. The van der Waals surface area contributed by atoms with Crippen molar-refractivity contribution in [1.29, 1.82) is 0 Å². The van der Waals surface area contributed by atoms with E-state index in [1.54, 1.807) is 0 Å². The molecular weight excluding hydrogens is 222 g/mol. The summed E-state index contributed by atoms with van der Waals surface area (Å²) in [5.41, 5.74) is 2.31. The average Bonchev–Trinajstić information content (AvgIpc) is 2.80. The van der Waals surface area contributed by atoms with Crippen molar-refractivity contribution < 1.29 is 4.79 Å². The number of hydrogen-bond acceptors (Lipinski definition) is 1. The minimum absolute atomic E-state index is 0.184. The van der Waals surface area contributed by atoms with Crippen molar-refractivity contribution in [3.8, 4) is 0 Å². The number of carbonyl (C=O) groups excluding carboxylic acids is 1. The molecule has 18 heavy (non-hydrogen) atoms. The average molecular weight is 243 g/mol. The van der Waals surface area contributed by atoms with Gasteiger partial charge in [0.05, 0.1) is 5.41 Å². The summed E-state index contributed by atoms with van der Waals surface area (Å²) in [5, 5.41) is 0. The van der Waals surface area contributed by atoms with Gasteiger partial charge in [-0.1, -0.05) is 36.2 Å². The molecule has 0 N–H and O–H groups in total. The highest BCUT2D eigenvalue weighted by Gasteiger charge is 2.47. The number of benzene rings is 1. The van der Waals surface area contributed by atoms with E-state index in [1.165, 1.54) is 30.4 Å². The summed E-state index contributed by atoms with van der Waals surface area (Å²) in [4.78, 5) is 14.9. The fraction of sp³-hybridized carbons (Fsp3) is 0.562. The Hall–Kier alpha value is -1.31. The molecule has 1 saturated heterocycles. The van der Waals surface area contributed by atoms with Crippen LogP contribution in [0.3, 0.4) is 0 Å². The molecule has 0 spiro atoms. The van der Waals surface area contributed by atoms with Crippen LogP contribution in [-0.4, -0.2) is 23.9 Å². The first-order valence-corrected chi connectivity index (χ1v) is 7.09. The summed E-state index contributed by atoms with van der Waals surface area (Å²) in [7, 11) is 0. The Bertz CT molecular complexity index is 456. The molecule has 3 rings (SSSR count). The molecule has 1 amide bonds. The van der Waals surface area contributed by atoms with E-state index in [4.69, 9.17) is 0 Å². The SMILES string of the molecule is Cc1cccc(C2(C(=O)N3CCCC3)CCC2)c1. The number of rotatable bonds is 2. The van der Waals surface area contributed by atoms with Crippen LogP contribution < -0.4 is 0 Å². The molecule has 1 aliphatic heterocycles.